The summed E-state index contributed by atoms with van der Waals surface area (Å²) in [5.41, 5.74) is 3.96. The van der Waals surface area contributed by atoms with Crippen LogP contribution in [0.1, 0.15) is 24.9 Å². The van der Waals surface area contributed by atoms with Gasteiger partial charge >= 0.3 is 0 Å². The highest BCUT2D eigenvalue weighted by molar-refractivity contribution is 7.92. The van der Waals surface area contributed by atoms with Gasteiger partial charge in [0, 0.05) is 23.1 Å². The highest BCUT2D eigenvalue weighted by Crippen LogP contribution is 2.34. The van der Waals surface area contributed by atoms with Crippen LogP contribution < -0.4 is 15.4 Å². The molecule has 3 rings (SSSR count). The molecule has 122 valence electrons. The lowest BCUT2D eigenvalue weighted by Gasteiger charge is -2.32. The number of benzene rings is 2. The first-order valence-corrected chi connectivity index (χ1v) is 9.50. The third-order valence-corrected chi connectivity index (χ3v) is 4.46. The molecule has 0 aromatic heterocycles. The third-order valence-electron chi connectivity index (χ3n) is 3.86. The van der Waals surface area contributed by atoms with Gasteiger partial charge in [-0.2, -0.15) is 0 Å². The molecule has 0 radical (unpaired) electrons. The lowest BCUT2D eigenvalue weighted by Crippen LogP contribution is -2.28. The molecule has 0 amide bonds. The fourth-order valence-corrected chi connectivity index (χ4v) is 3.49. The molecule has 0 aliphatic carbocycles. The fourth-order valence-electron chi connectivity index (χ4n) is 2.92. The highest BCUT2D eigenvalue weighted by atomic mass is 32.2. The van der Waals surface area contributed by atoms with Crippen LogP contribution in [-0.4, -0.2) is 20.7 Å². The molecule has 1 heterocycles. The Morgan fingerprint density at radius 2 is 1.70 bits per heavy atom. The predicted molar refractivity (Wildman–Crippen MR) is 95.4 cm³/mol. The monoisotopic (exact) mass is 331 g/mol. The summed E-state index contributed by atoms with van der Waals surface area (Å²) in [5, 5.41) is 7.03. The summed E-state index contributed by atoms with van der Waals surface area (Å²) in [6.07, 6.45) is 2.13. The van der Waals surface area contributed by atoms with Crippen LogP contribution in [0.25, 0.3) is 0 Å². The van der Waals surface area contributed by atoms with Gasteiger partial charge in [-0.15, -0.1) is 0 Å². The second kappa shape index (κ2) is 6.12. The Morgan fingerprint density at radius 1 is 1.04 bits per heavy atom. The van der Waals surface area contributed by atoms with Gasteiger partial charge in [-0.3, -0.25) is 4.72 Å². The Balaban J connectivity index is 1.77. The molecule has 5 nitrogen and oxygen atoms in total. The quantitative estimate of drug-likeness (QED) is 0.803. The zero-order valence-corrected chi connectivity index (χ0v) is 14.0. The summed E-state index contributed by atoms with van der Waals surface area (Å²) in [7, 11) is -3.24. The summed E-state index contributed by atoms with van der Waals surface area (Å²) in [6, 6.07) is 16.2. The number of anilines is 3. The molecule has 0 saturated heterocycles. The van der Waals surface area contributed by atoms with Crippen molar-refractivity contribution in [3.05, 3.63) is 54.1 Å². The van der Waals surface area contributed by atoms with Gasteiger partial charge in [0.15, 0.2) is 0 Å². The van der Waals surface area contributed by atoms with Crippen LogP contribution in [-0.2, 0) is 10.0 Å². The van der Waals surface area contributed by atoms with Crippen molar-refractivity contribution in [1.29, 1.82) is 0 Å². The van der Waals surface area contributed by atoms with Crippen molar-refractivity contribution in [1.82, 2.24) is 0 Å². The normalized spacial score (nSPS) is 20.3. The van der Waals surface area contributed by atoms with Crippen LogP contribution in [0.4, 0.5) is 17.1 Å². The summed E-state index contributed by atoms with van der Waals surface area (Å²) in [5.74, 6) is 0. The topological polar surface area (TPSA) is 70.2 Å². The van der Waals surface area contributed by atoms with Crippen molar-refractivity contribution < 1.29 is 8.42 Å². The second-order valence-corrected chi connectivity index (χ2v) is 7.77. The molecule has 2 aromatic rings. The molecule has 1 aliphatic heterocycles. The molecule has 2 unspecified atom stereocenters. The SMILES string of the molecule is CC1CC(Nc2ccc(NS(C)(=O)=O)cc2)c2ccccc2N1. The number of nitrogens with one attached hydrogen (secondary N) is 3. The second-order valence-electron chi connectivity index (χ2n) is 6.02. The standard InChI is InChI=1S/C17H21N3O2S/c1-12-11-17(15-5-3-4-6-16(15)18-12)19-13-7-9-14(10-8-13)20-23(2,21)22/h3-10,12,17-20H,11H2,1-2H3. The van der Waals surface area contributed by atoms with Crippen LogP contribution in [0.15, 0.2) is 48.5 Å². The average molecular weight is 331 g/mol. The average Bonchev–Trinajstić information content (AvgIpc) is 2.47. The Morgan fingerprint density at radius 3 is 2.39 bits per heavy atom. The molecule has 0 bridgehead atoms. The molecular weight excluding hydrogens is 310 g/mol. The highest BCUT2D eigenvalue weighted by Gasteiger charge is 2.23. The molecule has 2 aromatic carbocycles. The van der Waals surface area contributed by atoms with Gasteiger partial charge in [0.05, 0.1) is 12.3 Å². The predicted octanol–water partition coefficient (Wildman–Crippen LogP) is 3.42. The summed E-state index contributed by atoms with van der Waals surface area (Å²) in [4.78, 5) is 0. The maximum absolute atomic E-state index is 11.2. The minimum absolute atomic E-state index is 0.233. The third kappa shape index (κ3) is 3.96. The first-order chi connectivity index (χ1) is 10.9. The van der Waals surface area contributed by atoms with Crippen LogP contribution in [0.5, 0.6) is 0 Å². The molecule has 0 fully saturated rings. The van der Waals surface area contributed by atoms with Gasteiger partial charge in [0.2, 0.25) is 10.0 Å². The van der Waals surface area contributed by atoms with Crippen LogP contribution in [0.3, 0.4) is 0 Å². The number of hydrogen-bond donors (Lipinski definition) is 3. The molecule has 0 spiro atoms. The number of fused-ring (bicyclic) bond motifs is 1. The van der Waals surface area contributed by atoms with Gasteiger partial charge in [0.1, 0.15) is 0 Å². The van der Waals surface area contributed by atoms with E-state index in [-0.39, 0.29) is 6.04 Å². The molecule has 6 heteroatoms. The summed E-state index contributed by atoms with van der Waals surface area (Å²) < 4.78 is 25.0. The van der Waals surface area contributed by atoms with Crippen molar-refractivity contribution in [3.63, 3.8) is 0 Å². The molecule has 2 atom stereocenters. The molecule has 3 N–H and O–H groups in total. The van der Waals surface area contributed by atoms with Crippen molar-refractivity contribution >= 4 is 27.1 Å². The van der Waals surface area contributed by atoms with Crippen molar-refractivity contribution in [2.45, 2.75) is 25.4 Å². The van der Waals surface area contributed by atoms with E-state index in [0.717, 1.165) is 18.4 Å². The van der Waals surface area contributed by atoms with E-state index in [1.165, 1.54) is 11.3 Å². The summed E-state index contributed by atoms with van der Waals surface area (Å²) in [6.45, 7) is 2.17. The number of sulfonamides is 1. The Labute approximate surface area is 137 Å². The Hall–Kier alpha value is -2.21. The van der Waals surface area contributed by atoms with E-state index in [2.05, 4.69) is 34.4 Å². The van der Waals surface area contributed by atoms with Gasteiger partial charge in [0.25, 0.3) is 0 Å². The van der Waals surface area contributed by atoms with Gasteiger partial charge in [-0.05, 0) is 49.2 Å². The number of para-hydroxylation sites is 1. The minimum atomic E-state index is -3.24. The van der Waals surface area contributed by atoms with Crippen molar-refractivity contribution in [2.75, 3.05) is 21.6 Å². The van der Waals surface area contributed by atoms with Crippen LogP contribution in [0.2, 0.25) is 0 Å². The van der Waals surface area contributed by atoms with Crippen molar-refractivity contribution in [3.8, 4) is 0 Å². The van der Waals surface area contributed by atoms with E-state index in [0.29, 0.717) is 11.7 Å². The van der Waals surface area contributed by atoms with Crippen LogP contribution in [0, 0.1) is 0 Å². The fraction of sp³-hybridized carbons (Fsp3) is 0.294. The van der Waals surface area contributed by atoms with E-state index >= 15 is 0 Å². The molecular formula is C17H21N3O2S. The largest absolute Gasteiger partial charge is 0.382 e. The summed E-state index contributed by atoms with van der Waals surface area (Å²) >= 11 is 0. The Kier molecular flexibility index (Phi) is 4.17. The first kappa shape index (κ1) is 15.7. The van der Waals surface area contributed by atoms with Crippen LogP contribution >= 0.6 is 0 Å². The molecule has 0 saturated carbocycles. The lowest BCUT2D eigenvalue weighted by atomic mass is 9.93. The zero-order valence-electron chi connectivity index (χ0n) is 13.2. The minimum Gasteiger partial charge on any atom is -0.382 e. The zero-order chi connectivity index (χ0) is 16.4. The maximum atomic E-state index is 11.2. The van der Waals surface area contributed by atoms with E-state index in [1.54, 1.807) is 12.1 Å². The van der Waals surface area contributed by atoms with Gasteiger partial charge in [-0.25, -0.2) is 8.42 Å². The number of hydrogen-bond acceptors (Lipinski definition) is 4. The number of rotatable bonds is 4. The van der Waals surface area contributed by atoms with E-state index in [9.17, 15) is 8.42 Å². The van der Waals surface area contributed by atoms with Crippen molar-refractivity contribution in [2.24, 2.45) is 0 Å². The molecule has 23 heavy (non-hydrogen) atoms. The lowest BCUT2D eigenvalue weighted by molar-refractivity contribution is 0.600. The smallest absolute Gasteiger partial charge is 0.229 e. The Bertz CT molecular complexity index is 788. The van der Waals surface area contributed by atoms with E-state index in [1.807, 2.05) is 24.3 Å². The maximum Gasteiger partial charge on any atom is 0.229 e. The van der Waals surface area contributed by atoms with Gasteiger partial charge < -0.3 is 10.6 Å². The van der Waals surface area contributed by atoms with E-state index in [4.69, 9.17) is 0 Å². The first-order valence-electron chi connectivity index (χ1n) is 7.60. The van der Waals surface area contributed by atoms with E-state index < -0.39 is 10.0 Å². The van der Waals surface area contributed by atoms with Gasteiger partial charge in [-0.1, -0.05) is 18.2 Å². The molecule has 1 aliphatic rings.